The first-order valence-electron chi connectivity index (χ1n) is 9.71. The third kappa shape index (κ3) is 3.81. The molecule has 0 spiro atoms. The first-order chi connectivity index (χ1) is 13.7. The molecule has 2 aromatic rings. The van der Waals surface area contributed by atoms with Crippen molar-refractivity contribution in [2.45, 2.75) is 37.9 Å². The van der Waals surface area contributed by atoms with Gasteiger partial charge in [0.25, 0.3) is 0 Å². The highest BCUT2D eigenvalue weighted by atomic mass is 16.7. The summed E-state index contributed by atoms with van der Waals surface area (Å²) in [7, 11) is 0. The van der Waals surface area contributed by atoms with Crippen LogP contribution < -0.4 is 0 Å². The van der Waals surface area contributed by atoms with Crippen molar-refractivity contribution in [1.29, 1.82) is 0 Å². The Hall–Kier alpha value is -2.63. The van der Waals surface area contributed by atoms with Crippen LogP contribution >= 0.6 is 0 Å². The van der Waals surface area contributed by atoms with Gasteiger partial charge in [0.15, 0.2) is 0 Å². The number of hydrogen-bond acceptors (Lipinski definition) is 4. The number of unbranched alkanes of at least 4 members (excludes halogenated alkanes) is 1. The molecule has 0 bridgehead atoms. The number of carboxylic acid groups (broad SMARTS) is 1. The number of hydrogen-bond donors (Lipinski definition) is 2. The molecule has 2 aromatic carbocycles. The van der Waals surface area contributed by atoms with E-state index >= 15 is 0 Å². The van der Waals surface area contributed by atoms with E-state index in [1.54, 1.807) is 6.08 Å². The van der Waals surface area contributed by atoms with Crippen molar-refractivity contribution in [3.63, 3.8) is 0 Å². The monoisotopic (exact) mass is 380 g/mol. The molecule has 5 heteroatoms. The van der Waals surface area contributed by atoms with Gasteiger partial charge in [-0.25, -0.2) is 4.79 Å². The molecule has 28 heavy (non-hydrogen) atoms. The fourth-order valence-electron chi connectivity index (χ4n) is 3.94. The predicted octanol–water partition coefficient (Wildman–Crippen LogP) is 3.85. The molecule has 1 heterocycles. The van der Waals surface area contributed by atoms with Crippen molar-refractivity contribution < 1.29 is 24.5 Å². The lowest BCUT2D eigenvalue weighted by atomic mass is 9.90. The van der Waals surface area contributed by atoms with Crippen molar-refractivity contribution in [1.82, 2.24) is 0 Å². The van der Waals surface area contributed by atoms with Gasteiger partial charge in [0.05, 0.1) is 6.61 Å². The topological polar surface area (TPSA) is 76.0 Å². The van der Waals surface area contributed by atoms with E-state index in [1.165, 1.54) is 22.3 Å². The minimum absolute atomic E-state index is 0.0655. The Bertz CT molecular complexity index is 902. The standard InChI is InChI=1S/C23H24O5/c24-9-3-4-10-27-22-14-18(13-21(28-22)23(25)26)15-7-8-17-11-16-5-1-2-6-19(16)20(17)12-15/h1-2,5-8,12-13,18,22,24H,3-4,9-11,14H2,(H,25,26)/t18-,22+/m1/s1. The van der Waals surface area contributed by atoms with Crippen LogP contribution in [0.3, 0.4) is 0 Å². The van der Waals surface area contributed by atoms with Crippen molar-refractivity contribution >= 4 is 5.97 Å². The molecular formula is C23H24O5. The quantitative estimate of drug-likeness (QED) is 0.609. The smallest absolute Gasteiger partial charge is 0.370 e. The highest BCUT2D eigenvalue weighted by Crippen LogP contribution is 2.40. The molecule has 0 saturated carbocycles. The Morgan fingerprint density at radius 1 is 1.11 bits per heavy atom. The van der Waals surface area contributed by atoms with Crippen LogP contribution in [-0.2, 0) is 20.7 Å². The molecule has 1 aliphatic carbocycles. The normalized spacial score (nSPS) is 20.1. The van der Waals surface area contributed by atoms with E-state index in [2.05, 4.69) is 36.4 Å². The maximum atomic E-state index is 11.5. The average Bonchev–Trinajstić information content (AvgIpc) is 3.09. The Morgan fingerprint density at radius 2 is 1.93 bits per heavy atom. The van der Waals surface area contributed by atoms with Crippen LogP contribution in [0, 0.1) is 0 Å². The molecule has 5 nitrogen and oxygen atoms in total. The van der Waals surface area contributed by atoms with Crippen molar-refractivity contribution in [3.05, 3.63) is 71.0 Å². The zero-order valence-corrected chi connectivity index (χ0v) is 15.6. The second kappa shape index (κ2) is 8.17. The molecule has 0 unspecified atom stereocenters. The summed E-state index contributed by atoms with van der Waals surface area (Å²) in [5.74, 6) is -1.23. The summed E-state index contributed by atoms with van der Waals surface area (Å²) in [5, 5.41) is 18.3. The number of benzene rings is 2. The summed E-state index contributed by atoms with van der Waals surface area (Å²) in [6.07, 6.45) is 3.95. The SMILES string of the molecule is O=C(O)C1=C[C@@H](c2ccc3c(c2)-c2ccccc2C3)C[C@@H](OCCCCO)O1. The largest absolute Gasteiger partial charge is 0.475 e. The van der Waals surface area contributed by atoms with E-state index in [4.69, 9.17) is 14.6 Å². The van der Waals surface area contributed by atoms with Gasteiger partial charge in [-0.15, -0.1) is 0 Å². The van der Waals surface area contributed by atoms with Gasteiger partial charge >= 0.3 is 5.97 Å². The zero-order valence-electron chi connectivity index (χ0n) is 15.6. The number of aliphatic hydroxyl groups is 1. The maximum absolute atomic E-state index is 11.5. The molecular weight excluding hydrogens is 356 g/mol. The highest BCUT2D eigenvalue weighted by molar-refractivity contribution is 5.84. The molecule has 0 radical (unpaired) electrons. The molecule has 0 fully saturated rings. The van der Waals surface area contributed by atoms with Crippen LogP contribution in [0.2, 0.25) is 0 Å². The number of fused-ring (bicyclic) bond motifs is 3. The van der Waals surface area contributed by atoms with Gasteiger partial charge in [-0.2, -0.15) is 0 Å². The molecule has 2 aliphatic rings. The van der Waals surface area contributed by atoms with Crippen LogP contribution in [0.4, 0.5) is 0 Å². The lowest BCUT2D eigenvalue weighted by Gasteiger charge is -2.28. The molecule has 4 rings (SSSR count). The van der Waals surface area contributed by atoms with Gasteiger partial charge in [0.2, 0.25) is 12.0 Å². The van der Waals surface area contributed by atoms with Crippen molar-refractivity contribution in [2.75, 3.05) is 13.2 Å². The van der Waals surface area contributed by atoms with Crippen LogP contribution in [0.15, 0.2) is 54.3 Å². The third-order valence-electron chi connectivity index (χ3n) is 5.37. The summed E-state index contributed by atoms with van der Waals surface area (Å²) in [5.41, 5.74) is 6.18. The maximum Gasteiger partial charge on any atom is 0.370 e. The fourth-order valence-corrected chi connectivity index (χ4v) is 3.94. The van der Waals surface area contributed by atoms with E-state index in [0.29, 0.717) is 25.9 Å². The summed E-state index contributed by atoms with van der Waals surface area (Å²) >= 11 is 0. The minimum Gasteiger partial charge on any atom is -0.475 e. The van der Waals surface area contributed by atoms with Crippen LogP contribution in [-0.4, -0.2) is 35.7 Å². The van der Waals surface area contributed by atoms with Gasteiger partial charge < -0.3 is 19.7 Å². The van der Waals surface area contributed by atoms with Gasteiger partial charge in [0.1, 0.15) is 0 Å². The summed E-state index contributed by atoms with van der Waals surface area (Å²) in [4.78, 5) is 11.5. The third-order valence-corrected chi connectivity index (χ3v) is 5.37. The number of aliphatic carboxylic acids is 1. The zero-order chi connectivity index (χ0) is 19.5. The van der Waals surface area contributed by atoms with E-state index in [0.717, 1.165) is 12.0 Å². The first kappa shape index (κ1) is 18.7. The molecule has 2 atom stereocenters. The first-order valence-corrected chi connectivity index (χ1v) is 9.71. The Balaban J connectivity index is 1.57. The highest BCUT2D eigenvalue weighted by Gasteiger charge is 2.29. The Morgan fingerprint density at radius 3 is 2.75 bits per heavy atom. The Labute approximate surface area is 164 Å². The van der Waals surface area contributed by atoms with E-state index in [-0.39, 0.29) is 18.3 Å². The number of carboxylic acids is 1. The molecule has 2 N–H and O–H groups in total. The van der Waals surface area contributed by atoms with Crippen LogP contribution in [0.1, 0.15) is 41.9 Å². The molecule has 0 aromatic heterocycles. The lowest BCUT2D eigenvalue weighted by molar-refractivity contribution is -0.157. The number of rotatable bonds is 7. The summed E-state index contributed by atoms with van der Waals surface area (Å²) in [6.45, 7) is 0.552. The van der Waals surface area contributed by atoms with Crippen LogP contribution in [0.25, 0.3) is 11.1 Å². The second-order valence-corrected chi connectivity index (χ2v) is 7.28. The number of ether oxygens (including phenoxy) is 2. The van der Waals surface area contributed by atoms with Gasteiger partial charge in [-0.1, -0.05) is 42.5 Å². The van der Waals surface area contributed by atoms with Crippen molar-refractivity contribution in [3.8, 4) is 11.1 Å². The van der Waals surface area contributed by atoms with E-state index in [1.807, 2.05) is 6.07 Å². The van der Waals surface area contributed by atoms with Gasteiger partial charge in [0, 0.05) is 18.9 Å². The summed E-state index contributed by atoms with van der Waals surface area (Å²) in [6, 6.07) is 14.8. The van der Waals surface area contributed by atoms with E-state index < -0.39 is 12.3 Å². The second-order valence-electron chi connectivity index (χ2n) is 7.28. The van der Waals surface area contributed by atoms with Crippen molar-refractivity contribution in [2.24, 2.45) is 0 Å². The van der Waals surface area contributed by atoms with Gasteiger partial charge in [-0.3, -0.25) is 0 Å². The number of allylic oxidation sites excluding steroid dienone is 1. The average molecular weight is 380 g/mol. The minimum atomic E-state index is -1.08. The number of carbonyl (C=O) groups is 1. The summed E-state index contributed by atoms with van der Waals surface area (Å²) < 4.78 is 11.2. The fraction of sp³-hybridized carbons (Fsp3) is 0.348. The lowest BCUT2D eigenvalue weighted by Crippen LogP contribution is -2.27. The van der Waals surface area contributed by atoms with Gasteiger partial charge in [-0.05, 0) is 53.2 Å². The predicted molar refractivity (Wildman–Crippen MR) is 105 cm³/mol. The number of aliphatic hydroxyl groups excluding tert-OH is 1. The van der Waals surface area contributed by atoms with E-state index in [9.17, 15) is 9.90 Å². The molecule has 1 aliphatic heterocycles. The Kier molecular flexibility index (Phi) is 5.46. The van der Waals surface area contributed by atoms with Crippen LogP contribution in [0.5, 0.6) is 0 Å². The molecule has 0 saturated heterocycles. The molecule has 146 valence electrons. The molecule has 0 amide bonds.